The fourth-order valence-corrected chi connectivity index (χ4v) is 1.59. The van der Waals surface area contributed by atoms with E-state index in [4.69, 9.17) is 0 Å². The van der Waals surface area contributed by atoms with Crippen LogP contribution in [0.4, 0.5) is 11.8 Å². The summed E-state index contributed by atoms with van der Waals surface area (Å²) in [6.45, 7) is 7.13. The first-order valence-electron chi connectivity index (χ1n) is 5.55. The molecular formula is C11H18N4. The van der Waals surface area contributed by atoms with E-state index in [1.54, 1.807) is 0 Å². The summed E-state index contributed by atoms with van der Waals surface area (Å²) in [6.07, 6.45) is 1.25. The van der Waals surface area contributed by atoms with Gasteiger partial charge in [0.25, 0.3) is 0 Å². The van der Waals surface area contributed by atoms with Gasteiger partial charge in [0.15, 0.2) is 0 Å². The summed E-state index contributed by atoms with van der Waals surface area (Å²) in [6, 6.07) is 2.60. The van der Waals surface area contributed by atoms with Crippen molar-refractivity contribution in [2.45, 2.75) is 33.2 Å². The highest BCUT2D eigenvalue weighted by Gasteiger charge is 2.32. The summed E-state index contributed by atoms with van der Waals surface area (Å²) < 4.78 is 0. The van der Waals surface area contributed by atoms with Gasteiger partial charge in [-0.25, -0.2) is 4.98 Å². The molecule has 2 atom stereocenters. The summed E-state index contributed by atoms with van der Waals surface area (Å²) in [7, 11) is 0. The molecule has 1 fully saturated rings. The number of aryl methyl sites for hydroxylation is 1. The van der Waals surface area contributed by atoms with Crippen LogP contribution in [0.5, 0.6) is 0 Å². The summed E-state index contributed by atoms with van der Waals surface area (Å²) in [4.78, 5) is 8.71. The van der Waals surface area contributed by atoms with Crippen molar-refractivity contribution in [3.63, 3.8) is 0 Å². The number of rotatable bonds is 4. The molecule has 2 N–H and O–H groups in total. The third kappa shape index (κ3) is 2.58. The van der Waals surface area contributed by atoms with Crippen LogP contribution < -0.4 is 10.6 Å². The number of anilines is 2. The molecule has 0 amide bonds. The van der Waals surface area contributed by atoms with Gasteiger partial charge in [-0.2, -0.15) is 4.98 Å². The van der Waals surface area contributed by atoms with E-state index in [9.17, 15) is 0 Å². The molecule has 15 heavy (non-hydrogen) atoms. The zero-order chi connectivity index (χ0) is 10.8. The van der Waals surface area contributed by atoms with Gasteiger partial charge in [0, 0.05) is 24.3 Å². The molecule has 0 aliphatic heterocycles. The highest BCUT2D eigenvalue weighted by molar-refractivity contribution is 5.44. The molecular weight excluding hydrogens is 188 g/mol. The standard InChI is InChI=1S/C11H18N4/c1-4-12-11-13-8(3)6-10(15-11)14-9-5-7(9)2/h6-7,9H,4-5H2,1-3H3,(H2,12,13,14,15). The molecule has 4 heteroatoms. The molecule has 2 unspecified atom stereocenters. The molecule has 1 aliphatic carbocycles. The van der Waals surface area contributed by atoms with E-state index in [1.165, 1.54) is 6.42 Å². The predicted octanol–water partition coefficient (Wildman–Crippen LogP) is 2.04. The Morgan fingerprint density at radius 2 is 2.20 bits per heavy atom. The van der Waals surface area contributed by atoms with Gasteiger partial charge in [0.1, 0.15) is 5.82 Å². The molecule has 1 heterocycles. The van der Waals surface area contributed by atoms with Crippen molar-refractivity contribution < 1.29 is 0 Å². The van der Waals surface area contributed by atoms with Crippen LogP contribution in [-0.2, 0) is 0 Å². The van der Waals surface area contributed by atoms with Gasteiger partial charge in [-0.1, -0.05) is 6.92 Å². The number of hydrogen-bond donors (Lipinski definition) is 2. The van der Waals surface area contributed by atoms with Crippen LogP contribution >= 0.6 is 0 Å². The lowest BCUT2D eigenvalue weighted by atomic mass is 10.4. The average Bonchev–Trinajstić information content (AvgIpc) is 2.81. The first-order chi connectivity index (χ1) is 7.19. The molecule has 1 aliphatic rings. The summed E-state index contributed by atoms with van der Waals surface area (Å²) in [5.74, 6) is 2.43. The Morgan fingerprint density at radius 3 is 2.80 bits per heavy atom. The smallest absolute Gasteiger partial charge is 0.224 e. The molecule has 0 saturated heterocycles. The zero-order valence-corrected chi connectivity index (χ0v) is 9.54. The van der Waals surface area contributed by atoms with Crippen LogP contribution in [0.1, 0.15) is 26.0 Å². The lowest BCUT2D eigenvalue weighted by Crippen LogP contribution is -2.09. The van der Waals surface area contributed by atoms with Crippen LogP contribution in [0.3, 0.4) is 0 Å². The minimum atomic E-state index is 0.605. The van der Waals surface area contributed by atoms with Crippen molar-refractivity contribution >= 4 is 11.8 Å². The van der Waals surface area contributed by atoms with Crippen molar-refractivity contribution in [2.75, 3.05) is 17.2 Å². The van der Waals surface area contributed by atoms with Crippen molar-refractivity contribution in [3.05, 3.63) is 11.8 Å². The van der Waals surface area contributed by atoms with Crippen molar-refractivity contribution in [3.8, 4) is 0 Å². The minimum absolute atomic E-state index is 0.605. The lowest BCUT2D eigenvalue weighted by molar-refractivity contribution is 0.919. The molecule has 0 radical (unpaired) electrons. The Morgan fingerprint density at radius 1 is 1.47 bits per heavy atom. The fourth-order valence-electron chi connectivity index (χ4n) is 1.59. The summed E-state index contributed by atoms with van der Waals surface area (Å²) in [5, 5.41) is 6.55. The number of aromatic nitrogens is 2. The van der Waals surface area contributed by atoms with E-state index in [2.05, 4.69) is 27.5 Å². The second kappa shape index (κ2) is 4.04. The third-order valence-corrected chi connectivity index (χ3v) is 2.63. The average molecular weight is 206 g/mol. The highest BCUT2D eigenvalue weighted by Crippen LogP contribution is 2.32. The van der Waals surface area contributed by atoms with Crippen molar-refractivity contribution in [1.29, 1.82) is 0 Å². The zero-order valence-electron chi connectivity index (χ0n) is 9.54. The normalized spacial score (nSPS) is 23.7. The first kappa shape index (κ1) is 10.2. The molecule has 0 spiro atoms. The van der Waals surface area contributed by atoms with Crippen LogP contribution in [-0.4, -0.2) is 22.6 Å². The number of nitrogens with zero attached hydrogens (tertiary/aromatic N) is 2. The highest BCUT2D eigenvalue weighted by atomic mass is 15.2. The monoisotopic (exact) mass is 206 g/mol. The number of nitrogens with one attached hydrogen (secondary N) is 2. The van der Waals surface area contributed by atoms with Gasteiger partial charge < -0.3 is 10.6 Å². The van der Waals surface area contributed by atoms with E-state index in [1.807, 2.05) is 19.9 Å². The molecule has 2 rings (SSSR count). The van der Waals surface area contributed by atoms with Crippen LogP contribution in [0.25, 0.3) is 0 Å². The largest absolute Gasteiger partial charge is 0.367 e. The maximum Gasteiger partial charge on any atom is 0.224 e. The quantitative estimate of drug-likeness (QED) is 0.791. The fraction of sp³-hybridized carbons (Fsp3) is 0.636. The Bertz CT molecular complexity index is 350. The van der Waals surface area contributed by atoms with Gasteiger partial charge in [-0.05, 0) is 26.2 Å². The van der Waals surface area contributed by atoms with E-state index >= 15 is 0 Å². The third-order valence-electron chi connectivity index (χ3n) is 2.63. The molecule has 1 aromatic rings. The van der Waals surface area contributed by atoms with Gasteiger partial charge in [-0.3, -0.25) is 0 Å². The lowest BCUT2D eigenvalue weighted by Gasteiger charge is -2.08. The maximum atomic E-state index is 4.40. The molecule has 1 aromatic heterocycles. The van der Waals surface area contributed by atoms with Gasteiger partial charge in [0.2, 0.25) is 5.95 Å². The van der Waals surface area contributed by atoms with Crippen LogP contribution in [0.15, 0.2) is 6.07 Å². The van der Waals surface area contributed by atoms with Crippen molar-refractivity contribution in [2.24, 2.45) is 5.92 Å². The topological polar surface area (TPSA) is 49.8 Å². The maximum absolute atomic E-state index is 4.40. The minimum Gasteiger partial charge on any atom is -0.367 e. The van der Waals surface area contributed by atoms with E-state index in [0.717, 1.165) is 24.0 Å². The van der Waals surface area contributed by atoms with E-state index in [0.29, 0.717) is 12.0 Å². The van der Waals surface area contributed by atoms with Gasteiger partial charge >= 0.3 is 0 Å². The van der Waals surface area contributed by atoms with Crippen LogP contribution in [0.2, 0.25) is 0 Å². The number of hydrogen-bond acceptors (Lipinski definition) is 4. The Kier molecular flexibility index (Phi) is 2.75. The Labute approximate surface area is 90.5 Å². The Hall–Kier alpha value is -1.32. The Balaban J connectivity index is 2.08. The van der Waals surface area contributed by atoms with E-state index in [-0.39, 0.29) is 0 Å². The van der Waals surface area contributed by atoms with Gasteiger partial charge in [-0.15, -0.1) is 0 Å². The molecule has 1 saturated carbocycles. The summed E-state index contributed by atoms with van der Waals surface area (Å²) in [5.41, 5.74) is 0.997. The van der Waals surface area contributed by atoms with E-state index < -0.39 is 0 Å². The van der Waals surface area contributed by atoms with Gasteiger partial charge in [0.05, 0.1) is 0 Å². The second-order valence-electron chi connectivity index (χ2n) is 4.21. The van der Waals surface area contributed by atoms with Crippen LogP contribution in [0, 0.1) is 12.8 Å². The predicted molar refractivity (Wildman–Crippen MR) is 62.1 cm³/mol. The molecule has 82 valence electrons. The SMILES string of the molecule is CCNc1nc(C)cc(NC2CC2C)n1. The molecule has 0 bridgehead atoms. The van der Waals surface area contributed by atoms with Crippen molar-refractivity contribution in [1.82, 2.24) is 9.97 Å². The molecule has 0 aromatic carbocycles. The summed E-state index contributed by atoms with van der Waals surface area (Å²) >= 11 is 0. The molecule has 4 nitrogen and oxygen atoms in total. The first-order valence-corrected chi connectivity index (χ1v) is 5.55. The second-order valence-corrected chi connectivity index (χ2v) is 4.21.